The molecule has 0 aliphatic carbocycles. The Morgan fingerprint density at radius 1 is 1.06 bits per heavy atom. The highest BCUT2D eigenvalue weighted by atomic mass is 19.1. The van der Waals surface area contributed by atoms with Gasteiger partial charge in [-0.25, -0.2) is 14.4 Å². The Balaban J connectivity index is 1.77. The normalized spacial score (nSPS) is 11.3. The van der Waals surface area contributed by atoms with Crippen LogP contribution in [0.15, 0.2) is 65.7 Å². The first-order valence-electron chi connectivity index (χ1n) is 10.4. The lowest BCUT2D eigenvalue weighted by Gasteiger charge is -2.12. The SMILES string of the molecule is CCNc1ncc2nc(-c3cn(C)c4ccccc34)c(=O)n(Cc3ccc(F)cc3)c2n1. The zero-order chi connectivity index (χ0) is 22.2. The number of nitrogens with zero attached hydrogens (tertiary/aromatic N) is 5. The number of hydrogen-bond acceptors (Lipinski definition) is 5. The summed E-state index contributed by atoms with van der Waals surface area (Å²) in [5, 5.41) is 4.02. The summed E-state index contributed by atoms with van der Waals surface area (Å²) in [5.74, 6) is 0.0980. The summed E-state index contributed by atoms with van der Waals surface area (Å²) < 4.78 is 17.0. The minimum atomic E-state index is -0.325. The number of para-hydroxylation sites is 1. The van der Waals surface area contributed by atoms with Gasteiger partial charge in [-0.15, -0.1) is 0 Å². The fourth-order valence-corrected chi connectivity index (χ4v) is 3.90. The van der Waals surface area contributed by atoms with Crippen LogP contribution in [0.4, 0.5) is 10.3 Å². The number of aromatic nitrogens is 5. The minimum absolute atomic E-state index is 0.235. The zero-order valence-electron chi connectivity index (χ0n) is 17.7. The van der Waals surface area contributed by atoms with Gasteiger partial charge in [-0.1, -0.05) is 30.3 Å². The van der Waals surface area contributed by atoms with Crippen LogP contribution in [0, 0.1) is 5.82 Å². The van der Waals surface area contributed by atoms with E-state index in [9.17, 15) is 9.18 Å². The van der Waals surface area contributed by atoms with Crippen molar-refractivity contribution in [2.24, 2.45) is 7.05 Å². The summed E-state index contributed by atoms with van der Waals surface area (Å²) >= 11 is 0. The molecule has 5 aromatic rings. The van der Waals surface area contributed by atoms with Gasteiger partial charge in [-0.2, -0.15) is 4.98 Å². The molecule has 32 heavy (non-hydrogen) atoms. The fraction of sp³-hybridized carbons (Fsp3) is 0.167. The van der Waals surface area contributed by atoms with E-state index >= 15 is 0 Å². The predicted octanol–water partition coefficient (Wildman–Crippen LogP) is 3.96. The van der Waals surface area contributed by atoms with Crippen LogP contribution in [0.1, 0.15) is 12.5 Å². The van der Waals surface area contributed by atoms with Crippen molar-refractivity contribution in [1.29, 1.82) is 0 Å². The Kier molecular flexibility index (Phi) is 4.89. The molecule has 0 bridgehead atoms. The average Bonchev–Trinajstić information content (AvgIpc) is 3.14. The standard InChI is InChI=1S/C24H21FN6O/c1-3-26-24-27-12-19-22(29-24)31(13-15-8-10-16(25)11-9-15)23(32)21(28-19)18-14-30(2)20-7-5-4-6-17(18)20/h4-12,14H,3,13H2,1-2H3,(H,26,27,29). The van der Waals surface area contributed by atoms with Crippen molar-refractivity contribution in [3.63, 3.8) is 0 Å². The molecular weight excluding hydrogens is 407 g/mol. The predicted molar refractivity (Wildman–Crippen MR) is 123 cm³/mol. The topological polar surface area (TPSA) is 77.6 Å². The Morgan fingerprint density at radius 2 is 1.84 bits per heavy atom. The third-order valence-corrected chi connectivity index (χ3v) is 5.43. The molecule has 3 aromatic heterocycles. The molecule has 2 aromatic carbocycles. The molecule has 0 atom stereocenters. The molecule has 0 spiro atoms. The van der Waals surface area contributed by atoms with Crippen LogP contribution in [-0.2, 0) is 13.6 Å². The van der Waals surface area contributed by atoms with E-state index in [0.29, 0.717) is 29.4 Å². The maximum Gasteiger partial charge on any atom is 0.279 e. The molecule has 0 saturated carbocycles. The molecule has 7 nitrogen and oxygen atoms in total. The van der Waals surface area contributed by atoms with Gasteiger partial charge in [0.1, 0.15) is 17.0 Å². The molecule has 3 heterocycles. The first-order chi connectivity index (χ1) is 15.5. The summed E-state index contributed by atoms with van der Waals surface area (Å²) in [4.78, 5) is 27.3. The summed E-state index contributed by atoms with van der Waals surface area (Å²) in [6, 6.07) is 14.0. The number of halogens is 1. The van der Waals surface area contributed by atoms with Crippen LogP contribution in [0.2, 0.25) is 0 Å². The summed E-state index contributed by atoms with van der Waals surface area (Å²) in [7, 11) is 1.94. The number of rotatable bonds is 5. The molecule has 0 amide bonds. The van der Waals surface area contributed by atoms with Crippen molar-refractivity contribution < 1.29 is 4.39 Å². The van der Waals surface area contributed by atoms with Crippen molar-refractivity contribution in [1.82, 2.24) is 24.1 Å². The van der Waals surface area contributed by atoms with Crippen LogP contribution >= 0.6 is 0 Å². The van der Waals surface area contributed by atoms with Crippen molar-refractivity contribution in [2.75, 3.05) is 11.9 Å². The molecular formula is C24H21FN6O. The maximum atomic E-state index is 13.7. The van der Waals surface area contributed by atoms with E-state index in [1.807, 2.05) is 49.0 Å². The second-order valence-electron chi connectivity index (χ2n) is 7.58. The highest BCUT2D eigenvalue weighted by molar-refractivity contribution is 5.95. The van der Waals surface area contributed by atoms with E-state index in [1.165, 1.54) is 12.1 Å². The van der Waals surface area contributed by atoms with Gasteiger partial charge in [-0.05, 0) is 30.7 Å². The fourth-order valence-electron chi connectivity index (χ4n) is 3.90. The smallest absolute Gasteiger partial charge is 0.279 e. The first kappa shape index (κ1) is 19.9. The van der Waals surface area contributed by atoms with Crippen molar-refractivity contribution in [3.8, 4) is 11.3 Å². The van der Waals surface area contributed by atoms with Gasteiger partial charge in [-0.3, -0.25) is 9.36 Å². The van der Waals surface area contributed by atoms with Crippen LogP contribution in [-0.4, -0.2) is 30.6 Å². The number of hydrogen-bond donors (Lipinski definition) is 1. The van der Waals surface area contributed by atoms with Crippen molar-refractivity contribution in [3.05, 3.63) is 82.7 Å². The Bertz CT molecular complexity index is 1500. The third-order valence-electron chi connectivity index (χ3n) is 5.43. The van der Waals surface area contributed by atoms with Gasteiger partial charge in [0.05, 0.1) is 12.7 Å². The molecule has 0 saturated heterocycles. The maximum absolute atomic E-state index is 13.7. The second kappa shape index (κ2) is 7.88. The van der Waals surface area contributed by atoms with E-state index in [-0.39, 0.29) is 17.9 Å². The van der Waals surface area contributed by atoms with Gasteiger partial charge < -0.3 is 9.88 Å². The van der Waals surface area contributed by atoms with E-state index in [2.05, 4.69) is 20.3 Å². The zero-order valence-corrected chi connectivity index (χ0v) is 17.7. The number of fused-ring (bicyclic) bond motifs is 2. The van der Waals surface area contributed by atoms with Gasteiger partial charge in [0.15, 0.2) is 5.65 Å². The van der Waals surface area contributed by atoms with Crippen LogP contribution in [0.25, 0.3) is 33.3 Å². The Morgan fingerprint density at radius 3 is 2.62 bits per heavy atom. The highest BCUT2D eigenvalue weighted by Gasteiger charge is 2.19. The molecule has 1 N–H and O–H groups in total. The molecule has 0 unspecified atom stereocenters. The van der Waals surface area contributed by atoms with Gasteiger partial charge >= 0.3 is 0 Å². The molecule has 0 aliphatic heterocycles. The van der Waals surface area contributed by atoms with Gasteiger partial charge in [0.2, 0.25) is 5.95 Å². The van der Waals surface area contributed by atoms with Crippen LogP contribution < -0.4 is 10.9 Å². The number of benzene rings is 2. The first-order valence-corrected chi connectivity index (χ1v) is 10.4. The Hall–Kier alpha value is -4.07. The number of anilines is 1. The van der Waals surface area contributed by atoms with Crippen molar-refractivity contribution >= 4 is 28.0 Å². The lowest BCUT2D eigenvalue weighted by atomic mass is 10.1. The van der Waals surface area contributed by atoms with E-state index in [1.54, 1.807) is 22.9 Å². The van der Waals surface area contributed by atoms with E-state index < -0.39 is 0 Å². The van der Waals surface area contributed by atoms with Gasteiger partial charge in [0.25, 0.3) is 5.56 Å². The molecule has 8 heteroatoms. The van der Waals surface area contributed by atoms with Crippen LogP contribution in [0.5, 0.6) is 0 Å². The lowest BCUT2D eigenvalue weighted by molar-refractivity contribution is 0.626. The van der Waals surface area contributed by atoms with E-state index in [4.69, 9.17) is 0 Å². The molecule has 0 fully saturated rings. The lowest BCUT2D eigenvalue weighted by Crippen LogP contribution is -2.25. The largest absolute Gasteiger partial charge is 0.354 e. The summed E-state index contributed by atoms with van der Waals surface area (Å²) in [5.41, 5.74) is 3.54. The number of nitrogens with one attached hydrogen (secondary N) is 1. The van der Waals surface area contributed by atoms with E-state index in [0.717, 1.165) is 22.0 Å². The molecule has 160 valence electrons. The quantitative estimate of drug-likeness (QED) is 0.458. The van der Waals surface area contributed by atoms with Crippen molar-refractivity contribution in [2.45, 2.75) is 13.5 Å². The number of aryl methyl sites for hydroxylation is 1. The summed E-state index contributed by atoms with van der Waals surface area (Å²) in [6.07, 6.45) is 3.53. The van der Waals surface area contributed by atoms with Gasteiger partial charge in [0, 0.05) is 36.3 Å². The monoisotopic (exact) mass is 428 g/mol. The average molecular weight is 428 g/mol. The Labute approximate surface area is 183 Å². The highest BCUT2D eigenvalue weighted by Crippen LogP contribution is 2.28. The third kappa shape index (κ3) is 3.39. The summed E-state index contributed by atoms with van der Waals surface area (Å²) in [6.45, 7) is 2.83. The minimum Gasteiger partial charge on any atom is -0.354 e. The molecule has 0 aliphatic rings. The molecule has 0 radical (unpaired) electrons. The van der Waals surface area contributed by atoms with Crippen LogP contribution in [0.3, 0.4) is 0 Å². The second-order valence-corrected chi connectivity index (χ2v) is 7.58. The molecule has 5 rings (SSSR count).